The third kappa shape index (κ3) is 4.12. The molecule has 0 spiro atoms. The first-order valence-electron chi connectivity index (χ1n) is 10.7. The highest BCUT2D eigenvalue weighted by Gasteiger charge is 2.32. The van der Waals surface area contributed by atoms with Crippen molar-refractivity contribution in [2.24, 2.45) is 0 Å². The van der Waals surface area contributed by atoms with Crippen LogP contribution in [0.1, 0.15) is 55.5 Å². The second-order valence-electron chi connectivity index (χ2n) is 8.20. The van der Waals surface area contributed by atoms with Gasteiger partial charge in [0, 0.05) is 53.7 Å². The minimum Gasteiger partial charge on any atom is -0.348 e. The quantitative estimate of drug-likeness (QED) is 0.646. The number of carbonyl (C=O) groups is 2. The molecule has 0 radical (unpaired) electrons. The first-order valence-corrected chi connectivity index (χ1v) is 11.6. The van der Waals surface area contributed by atoms with E-state index < -0.39 is 0 Å². The van der Waals surface area contributed by atoms with E-state index in [9.17, 15) is 9.59 Å². The summed E-state index contributed by atoms with van der Waals surface area (Å²) in [5.74, 6) is -0.131. The second kappa shape index (κ2) is 8.26. The molecule has 0 atom stereocenters. The number of hydrogen-bond donors (Lipinski definition) is 1. The molecule has 5 rings (SSSR count). The van der Waals surface area contributed by atoms with E-state index in [-0.39, 0.29) is 17.9 Å². The second-order valence-corrected chi connectivity index (χ2v) is 9.14. The molecule has 2 aromatic heterocycles. The van der Waals surface area contributed by atoms with Gasteiger partial charge in [0.15, 0.2) is 5.69 Å². The Hall–Kier alpha value is -3.00. The van der Waals surface area contributed by atoms with Gasteiger partial charge in [0.2, 0.25) is 0 Å². The molecule has 7 nitrogen and oxygen atoms in total. The van der Waals surface area contributed by atoms with Crippen LogP contribution in [0.3, 0.4) is 0 Å². The number of aromatic nitrogens is 3. The fraction of sp³-hybridized carbons (Fsp3) is 0.391. The number of amides is 2. The molecule has 3 aromatic rings. The van der Waals surface area contributed by atoms with Crippen molar-refractivity contribution in [1.82, 2.24) is 25.0 Å². The Labute approximate surface area is 185 Å². The number of rotatable bonds is 6. The summed E-state index contributed by atoms with van der Waals surface area (Å²) in [7, 11) is 0. The monoisotopic (exact) mass is 435 g/mol. The summed E-state index contributed by atoms with van der Waals surface area (Å²) in [6, 6.07) is 9.57. The molecule has 1 N–H and O–H groups in total. The number of carbonyl (C=O) groups excluding carboxylic acids is 2. The highest BCUT2D eigenvalue weighted by atomic mass is 32.1. The minimum atomic E-state index is -0.125. The lowest BCUT2D eigenvalue weighted by atomic mass is 10.0. The van der Waals surface area contributed by atoms with E-state index in [1.807, 2.05) is 52.3 Å². The van der Waals surface area contributed by atoms with Crippen LogP contribution >= 0.6 is 11.3 Å². The number of hydrogen-bond acceptors (Lipinski definition) is 5. The molecule has 160 valence electrons. The van der Waals surface area contributed by atoms with Gasteiger partial charge in [0.05, 0.1) is 17.7 Å². The summed E-state index contributed by atoms with van der Waals surface area (Å²) in [6.45, 7) is 3.76. The van der Waals surface area contributed by atoms with Gasteiger partial charge in [-0.15, -0.1) is 11.3 Å². The number of nitrogens with zero attached hydrogens (tertiary/aromatic N) is 4. The van der Waals surface area contributed by atoms with Crippen molar-refractivity contribution in [3.8, 4) is 0 Å². The Morgan fingerprint density at radius 1 is 1.23 bits per heavy atom. The van der Waals surface area contributed by atoms with E-state index in [0.29, 0.717) is 37.3 Å². The minimum absolute atomic E-state index is 0.00663. The Balaban J connectivity index is 1.41. The first-order chi connectivity index (χ1) is 15.1. The molecule has 8 heteroatoms. The molecule has 0 saturated heterocycles. The van der Waals surface area contributed by atoms with E-state index in [0.717, 1.165) is 36.2 Å². The van der Waals surface area contributed by atoms with Crippen LogP contribution in [0.25, 0.3) is 0 Å². The van der Waals surface area contributed by atoms with Crippen LogP contribution < -0.4 is 5.32 Å². The van der Waals surface area contributed by atoms with Gasteiger partial charge in [-0.05, 0) is 31.9 Å². The smallest absolute Gasteiger partial charge is 0.272 e. The maximum atomic E-state index is 13.0. The van der Waals surface area contributed by atoms with Gasteiger partial charge in [-0.1, -0.05) is 18.2 Å². The maximum absolute atomic E-state index is 13.0. The molecular formula is C23H25N5O2S. The van der Waals surface area contributed by atoms with Crippen LogP contribution in [-0.2, 0) is 25.9 Å². The lowest BCUT2D eigenvalue weighted by Crippen LogP contribution is -2.37. The van der Waals surface area contributed by atoms with Crippen LogP contribution in [0.15, 0.2) is 35.8 Å². The van der Waals surface area contributed by atoms with Crippen LogP contribution in [-0.4, -0.2) is 44.1 Å². The summed E-state index contributed by atoms with van der Waals surface area (Å²) < 4.78 is 1.97. The van der Waals surface area contributed by atoms with E-state index in [2.05, 4.69) is 10.3 Å². The van der Waals surface area contributed by atoms with Crippen LogP contribution in [0.2, 0.25) is 0 Å². The number of benzene rings is 1. The van der Waals surface area contributed by atoms with Gasteiger partial charge in [-0.25, -0.2) is 4.98 Å². The van der Waals surface area contributed by atoms with Crippen LogP contribution in [0.4, 0.5) is 0 Å². The molecule has 2 aliphatic rings. The normalized spacial score (nSPS) is 15.6. The molecule has 3 heterocycles. The van der Waals surface area contributed by atoms with Gasteiger partial charge < -0.3 is 10.2 Å². The summed E-state index contributed by atoms with van der Waals surface area (Å²) in [5, 5.41) is 7.78. The van der Waals surface area contributed by atoms with Gasteiger partial charge in [-0.2, -0.15) is 5.10 Å². The third-order valence-corrected chi connectivity index (χ3v) is 6.96. The average Bonchev–Trinajstić information content (AvgIpc) is 3.39. The molecule has 2 amide bonds. The van der Waals surface area contributed by atoms with Crippen LogP contribution in [0.5, 0.6) is 0 Å². The number of fused-ring (bicyclic) bond motifs is 1. The molecule has 1 aliphatic carbocycles. The standard InChI is InChI=1S/C23H25N5O2S/c1-15-20(31-14-24-15)10-12-28-19-9-11-27(23(30)16-5-3-2-4-6-16)13-18(19)21(26-28)22(29)25-17-7-8-17/h2-6,14,17H,7-13H2,1H3,(H,25,29). The molecule has 1 aliphatic heterocycles. The SMILES string of the molecule is Cc1ncsc1CCn1nc(C(=O)NC2CC2)c2c1CCN(C(=O)c1ccccc1)C2. The predicted molar refractivity (Wildman–Crippen MR) is 118 cm³/mol. The van der Waals surface area contributed by atoms with Crippen molar-refractivity contribution in [1.29, 1.82) is 0 Å². The largest absolute Gasteiger partial charge is 0.348 e. The van der Waals surface area contributed by atoms with E-state index in [1.165, 1.54) is 4.88 Å². The Bertz CT molecular complexity index is 1120. The topological polar surface area (TPSA) is 80.1 Å². The number of aryl methyl sites for hydroxylation is 3. The number of thiazole rings is 1. The fourth-order valence-electron chi connectivity index (χ4n) is 4.05. The van der Waals surface area contributed by atoms with E-state index in [4.69, 9.17) is 5.10 Å². The zero-order chi connectivity index (χ0) is 21.4. The van der Waals surface area contributed by atoms with Gasteiger partial charge in [0.25, 0.3) is 11.8 Å². The molecule has 1 fully saturated rings. The van der Waals surface area contributed by atoms with E-state index in [1.54, 1.807) is 11.3 Å². The van der Waals surface area contributed by atoms with Gasteiger partial charge in [0.1, 0.15) is 0 Å². The zero-order valence-electron chi connectivity index (χ0n) is 17.5. The lowest BCUT2D eigenvalue weighted by Gasteiger charge is -2.28. The summed E-state index contributed by atoms with van der Waals surface area (Å²) in [5.41, 5.74) is 6.01. The maximum Gasteiger partial charge on any atom is 0.272 e. The van der Waals surface area contributed by atoms with Crippen molar-refractivity contribution in [2.45, 2.75) is 51.7 Å². The highest BCUT2D eigenvalue weighted by Crippen LogP contribution is 2.26. The molecule has 0 unspecified atom stereocenters. The molecular weight excluding hydrogens is 410 g/mol. The molecule has 1 saturated carbocycles. The first kappa shape index (κ1) is 19.9. The highest BCUT2D eigenvalue weighted by molar-refractivity contribution is 7.09. The molecule has 31 heavy (non-hydrogen) atoms. The average molecular weight is 436 g/mol. The summed E-state index contributed by atoms with van der Waals surface area (Å²) in [6.07, 6.45) is 3.58. The predicted octanol–water partition coefficient (Wildman–Crippen LogP) is 2.98. The van der Waals surface area contributed by atoms with Crippen molar-refractivity contribution in [3.63, 3.8) is 0 Å². The van der Waals surface area contributed by atoms with Crippen molar-refractivity contribution < 1.29 is 9.59 Å². The zero-order valence-corrected chi connectivity index (χ0v) is 18.3. The van der Waals surface area contributed by atoms with Crippen molar-refractivity contribution in [3.05, 3.63) is 68.9 Å². The van der Waals surface area contributed by atoms with Crippen LogP contribution in [0, 0.1) is 6.92 Å². The fourth-order valence-corrected chi connectivity index (χ4v) is 4.82. The summed E-state index contributed by atoms with van der Waals surface area (Å²) in [4.78, 5) is 33.3. The van der Waals surface area contributed by atoms with Crippen molar-refractivity contribution >= 4 is 23.2 Å². The third-order valence-electron chi connectivity index (χ3n) is 5.97. The Morgan fingerprint density at radius 3 is 2.74 bits per heavy atom. The van der Waals surface area contributed by atoms with Gasteiger partial charge in [-0.3, -0.25) is 14.3 Å². The Kier molecular flexibility index (Phi) is 5.31. The molecule has 0 bridgehead atoms. The number of nitrogens with one attached hydrogen (secondary N) is 1. The summed E-state index contributed by atoms with van der Waals surface area (Å²) >= 11 is 1.65. The van der Waals surface area contributed by atoms with E-state index >= 15 is 0 Å². The Morgan fingerprint density at radius 2 is 2.03 bits per heavy atom. The lowest BCUT2D eigenvalue weighted by molar-refractivity contribution is 0.0730. The van der Waals surface area contributed by atoms with Crippen molar-refractivity contribution in [2.75, 3.05) is 6.54 Å². The molecule has 1 aromatic carbocycles. The van der Waals surface area contributed by atoms with Gasteiger partial charge >= 0.3 is 0 Å².